The lowest BCUT2D eigenvalue weighted by atomic mass is 10.2. The average molecular weight is 368 g/mol. The van der Waals surface area contributed by atoms with Crippen molar-refractivity contribution in [3.05, 3.63) is 10.6 Å². The van der Waals surface area contributed by atoms with Crippen molar-refractivity contribution in [3.8, 4) is 0 Å². The van der Waals surface area contributed by atoms with Crippen LogP contribution in [-0.2, 0) is 19.1 Å². The Bertz CT molecular complexity index is 687. The van der Waals surface area contributed by atoms with Crippen LogP contribution in [0.15, 0.2) is 0 Å². The first-order valence-electron chi connectivity index (χ1n) is 7.89. The molecule has 2 heterocycles. The minimum atomic E-state index is -0.475. The molecule has 1 fully saturated rings. The predicted molar refractivity (Wildman–Crippen MR) is 90.3 cm³/mol. The van der Waals surface area contributed by atoms with Gasteiger partial charge < -0.3 is 20.3 Å². The lowest BCUT2D eigenvalue weighted by molar-refractivity contribution is -0.138. The second kappa shape index (κ2) is 8.56. The van der Waals surface area contributed by atoms with Crippen molar-refractivity contribution in [2.24, 2.45) is 0 Å². The quantitative estimate of drug-likeness (QED) is 0.698. The van der Waals surface area contributed by atoms with Gasteiger partial charge >= 0.3 is 5.97 Å². The molecular weight excluding hydrogens is 348 g/mol. The van der Waals surface area contributed by atoms with E-state index in [2.05, 4.69) is 15.6 Å². The molecule has 1 saturated heterocycles. The zero-order valence-electron chi connectivity index (χ0n) is 14.1. The second-order valence-corrected chi connectivity index (χ2v) is 6.37. The highest BCUT2D eigenvalue weighted by Crippen LogP contribution is 2.23. The third kappa shape index (κ3) is 5.24. The molecule has 1 aliphatic heterocycles. The van der Waals surface area contributed by atoms with Gasteiger partial charge in [-0.3, -0.25) is 14.4 Å². The van der Waals surface area contributed by atoms with Crippen molar-refractivity contribution in [1.29, 1.82) is 0 Å². The monoisotopic (exact) mass is 368 g/mol. The second-order valence-electron chi connectivity index (χ2n) is 5.37. The molecule has 0 aromatic carbocycles. The molecule has 0 bridgehead atoms. The smallest absolute Gasteiger partial charge is 0.350 e. The lowest BCUT2D eigenvalue weighted by Gasteiger charge is -2.26. The fourth-order valence-electron chi connectivity index (χ4n) is 2.25. The summed E-state index contributed by atoms with van der Waals surface area (Å²) in [6, 6.07) is 0. The number of ether oxygens (including phenoxy) is 1. The Labute approximate surface area is 148 Å². The molecule has 1 aliphatic rings. The first-order chi connectivity index (χ1) is 11.9. The zero-order chi connectivity index (χ0) is 18.4. The Hall–Kier alpha value is -2.49. The highest BCUT2D eigenvalue weighted by Gasteiger charge is 2.22. The molecule has 136 valence electrons. The Morgan fingerprint density at radius 1 is 1.36 bits per heavy atom. The minimum absolute atomic E-state index is 0.00814. The zero-order valence-corrected chi connectivity index (χ0v) is 14.9. The van der Waals surface area contributed by atoms with Crippen LogP contribution in [0.2, 0.25) is 0 Å². The largest absolute Gasteiger partial charge is 0.462 e. The Balaban J connectivity index is 1.84. The van der Waals surface area contributed by atoms with Crippen LogP contribution < -0.4 is 10.6 Å². The summed E-state index contributed by atoms with van der Waals surface area (Å²) in [5, 5.41) is 5.50. The molecule has 2 N–H and O–H groups in total. The van der Waals surface area contributed by atoms with Gasteiger partial charge in [0.1, 0.15) is 4.88 Å². The number of anilines is 1. The van der Waals surface area contributed by atoms with Crippen molar-refractivity contribution in [2.45, 2.75) is 26.7 Å². The van der Waals surface area contributed by atoms with Gasteiger partial charge in [-0.1, -0.05) is 11.3 Å². The van der Waals surface area contributed by atoms with E-state index in [0.29, 0.717) is 23.7 Å². The molecule has 0 aliphatic carbocycles. The molecule has 0 radical (unpaired) electrons. The van der Waals surface area contributed by atoms with Gasteiger partial charge in [-0.2, -0.15) is 0 Å². The number of piperazine rings is 1. The van der Waals surface area contributed by atoms with Crippen molar-refractivity contribution in [2.75, 3.05) is 31.6 Å². The van der Waals surface area contributed by atoms with E-state index in [4.69, 9.17) is 4.74 Å². The van der Waals surface area contributed by atoms with E-state index in [9.17, 15) is 19.2 Å². The van der Waals surface area contributed by atoms with Crippen molar-refractivity contribution < 1.29 is 23.9 Å². The van der Waals surface area contributed by atoms with Gasteiger partial charge in [0, 0.05) is 25.9 Å². The van der Waals surface area contributed by atoms with Crippen molar-refractivity contribution in [1.82, 2.24) is 15.2 Å². The normalized spacial score (nSPS) is 14.0. The van der Waals surface area contributed by atoms with E-state index in [0.717, 1.165) is 11.3 Å². The number of nitrogens with zero attached hydrogens (tertiary/aromatic N) is 2. The molecule has 3 amide bonds. The number of hydrogen-bond donors (Lipinski definition) is 2. The third-order valence-corrected chi connectivity index (χ3v) is 4.51. The first kappa shape index (κ1) is 18.8. The fourth-order valence-corrected chi connectivity index (χ4v) is 3.12. The summed E-state index contributed by atoms with van der Waals surface area (Å²) in [6.45, 7) is 4.51. The maximum absolute atomic E-state index is 12.0. The van der Waals surface area contributed by atoms with E-state index in [1.165, 1.54) is 4.90 Å². The summed E-state index contributed by atoms with van der Waals surface area (Å²) >= 11 is 1.03. The van der Waals surface area contributed by atoms with E-state index < -0.39 is 5.97 Å². The van der Waals surface area contributed by atoms with Crippen LogP contribution in [0.25, 0.3) is 0 Å². The Kier molecular flexibility index (Phi) is 6.45. The number of nitrogens with one attached hydrogen (secondary N) is 2. The van der Waals surface area contributed by atoms with E-state index in [1.54, 1.807) is 13.8 Å². The highest BCUT2D eigenvalue weighted by atomic mass is 32.1. The number of esters is 1. The van der Waals surface area contributed by atoms with Crippen LogP contribution in [-0.4, -0.2) is 59.8 Å². The van der Waals surface area contributed by atoms with Gasteiger partial charge in [-0.25, -0.2) is 9.78 Å². The lowest BCUT2D eigenvalue weighted by Crippen LogP contribution is -2.50. The molecule has 25 heavy (non-hydrogen) atoms. The summed E-state index contributed by atoms with van der Waals surface area (Å²) in [5.74, 6) is -1.29. The molecule has 2 rings (SSSR count). The van der Waals surface area contributed by atoms with Gasteiger partial charge in [0.05, 0.1) is 18.8 Å². The van der Waals surface area contributed by atoms with E-state index >= 15 is 0 Å². The molecule has 10 heteroatoms. The summed E-state index contributed by atoms with van der Waals surface area (Å²) in [7, 11) is 0. The van der Waals surface area contributed by atoms with Crippen LogP contribution in [0.4, 0.5) is 5.13 Å². The van der Waals surface area contributed by atoms with Crippen molar-refractivity contribution in [3.63, 3.8) is 0 Å². The molecule has 1 aromatic rings. The molecular formula is C15H20N4O5S. The number of rotatable bonds is 6. The van der Waals surface area contributed by atoms with Gasteiger partial charge in [0.25, 0.3) is 0 Å². The first-order valence-corrected chi connectivity index (χ1v) is 8.71. The number of amides is 3. The molecule has 0 saturated carbocycles. The van der Waals surface area contributed by atoms with Crippen LogP contribution in [0, 0.1) is 6.92 Å². The number of aryl methyl sites for hydroxylation is 1. The number of aromatic nitrogens is 1. The van der Waals surface area contributed by atoms with Gasteiger partial charge in [0.2, 0.25) is 17.7 Å². The van der Waals surface area contributed by atoms with Gasteiger partial charge in [0.15, 0.2) is 5.13 Å². The molecule has 0 unspecified atom stereocenters. The molecule has 9 nitrogen and oxygen atoms in total. The van der Waals surface area contributed by atoms with Crippen LogP contribution in [0.1, 0.15) is 35.1 Å². The summed E-state index contributed by atoms with van der Waals surface area (Å²) in [5.41, 5.74) is 0.481. The number of carbonyl (C=O) groups excluding carboxylic acids is 4. The number of hydrogen-bond acceptors (Lipinski definition) is 7. The Morgan fingerprint density at radius 3 is 2.80 bits per heavy atom. The van der Waals surface area contributed by atoms with Gasteiger partial charge in [-0.05, 0) is 13.8 Å². The van der Waals surface area contributed by atoms with Crippen LogP contribution in [0.5, 0.6) is 0 Å². The Morgan fingerprint density at radius 2 is 2.12 bits per heavy atom. The average Bonchev–Trinajstić information content (AvgIpc) is 2.93. The molecule has 1 aromatic heterocycles. The van der Waals surface area contributed by atoms with E-state index in [1.807, 2.05) is 0 Å². The summed E-state index contributed by atoms with van der Waals surface area (Å²) in [4.78, 5) is 52.9. The maximum atomic E-state index is 12.0. The number of thiazole rings is 1. The summed E-state index contributed by atoms with van der Waals surface area (Å²) in [6.07, 6.45) is -0.0154. The van der Waals surface area contributed by atoms with Gasteiger partial charge in [-0.15, -0.1) is 0 Å². The van der Waals surface area contributed by atoms with E-state index in [-0.39, 0.29) is 48.8 Å². The molecule has 0 spiro atoms. The standard InChI is InChI=1S/C15H20N4O5S/c1-3-24-14(23)13-9(2)17-15(25-13)18-10(20)4-5-12(22)19-7-6-16-11(21)8-19/h3-8H2,1-2H3,(H,16,21)(H,17,18,20). The SMILES string of the molecule is CCOC(=O)c1sc(NC(=O)CCC(=O)N2CCNC(=O)C2)nc1C. The number of carbonyl (C=O) groups is 4. The van der Waals surface area contributed by atoms with Crippen LogP contribution in [0.3, 0.4) is 0 Å². The minimum Gasteiger partial charge on any atom is -0.462 e. The van der Waals surface area contributed by atoms with Crippen molar-refractivity contribution >= 4 is 40.2 Å². The topological polar surface area (TPSA) is 118 Å². The highest BCUT2D eigenvalue weighted by molar-refractivity contribution is 7.17. The van der Waals surface area contributed by atoms with Crippen LogP contribution >= 0.6 is 11.3 Å². The molecule has 0 atom stereocenters. The summed E-state index contributed by atoms with van der Waals surface area (Å²) < 4.78 is 4.92. The maximum Gasteiger partial charge on any atom is 0.350 e. The fraction of sp³-hybridized carbons (Fsp3) is 0.533. The third-order valence-electron chi connectivity index (χ3n) is 3.46. The predicted octanol–water partition coefficient (Wildman–Crippen LogP) is 0.305.